The van der Waals surface area contributed by atoms with Gasteiger partial charge in [0.1, 0.15) is 17.7 Å². The van der Waals surface area contributed by atoms with Crippen LogP contribution in [0.25, 0.3) is 0 Å². The van der Waals surface area contributed by atoms with E-state index in [-0.39, 0.29) is 23.8 Å². The van der Waals surface area contributed by atoms with Gasteiger partial charge in [-0.15, -0.1) is 0 Å². The van der Waals surface area contributed by atoms with Gasteiger partial charge in [-0.3, -0.25) is 9.59 Å². The lowest BCUT2D eigenvalue weighted by molar-refractivity contribution is -0.143. The molecule has 1 aromatic rings. The largest absolute Gasteiger partial charge is 0.444 e. The number of nitrogens with one attached hydrogen (secondary N) is 2. The summed E-state index contributed by atoms with van der Waals surface area (Å²) in [4.78, 5) is 42.7. The molecule has 7 nitrogen and oxygen atoms in total. The smallest absolute Gasteiger partial charge is 0.408 e. The number of carbonyl (C=O) groups is 3. The van der Waals surface area contributed by atoms with Crippen LogP contribution in [0.2, 0.25) is 0 Å². The second-order valence-corrected chi connectivity index (χ2v) is 12.6. The zero-order chi connectivity index (χ0) is 30.3. The first-order chi connectivity index (χ1) is 18.8. The summed E-state index contributed by atoms with van der Waals surface area (Å²) in [6.45, 7) is 18.2. The third-order valence-corrected chi connectivity index (χ3v) is 6.80. The number of benzene rings is 1. The Labute approximate surface area is 244 Å². The molecule has 0 bridgehead atoms. The van der Waals surface area contributed by atoms with Gasteiger partial charge in [-0.05, 0) is 65.4 Å². The van der Waals surface area contributed by atoms with Crippen molar-refractivity contribution in [3.8, 4) is 0 Å². The van der Waals surface area contributed by atoms with Gasteiger partial charge in [0.15, 0.2) is 0 Å². The second-order valence-electron chi connectivity index (χ2n) is 12.6. The van der Waals surface area contributed by atoms with Gasteiger partial charge in [-0.2, -0.15) is 0 Å². The molecule has 0 radical (unpaired) electrons. The molecule has 0 saturated carbocycles. The highest BCUT2D eigenvalue weighted by Gasteiger charge is 2.36. The molecule has 0 aromatic heterocycles. The summed E-state index contributed by atoms with van der Waals surface area (Å²) in [7, 11) is 0. The van der Waals surface area contributed by atoms with Crippen molar-refractivity contribution in [1.82, 2.24) is 15.5 Å². The summed E-state index contributed by atoms with van der Waals surface area (Å²) >= 11 is 0. The number of nitrogens with zero attached hydrogens (tertiary/aromatic N) is 1. The number of amides is 3. The third-order valence-electron chi connectivity index (χ3n) is 6.80. The highest BCUT2D eigenvalue weighted by Crippen LogP contribution is 2.26. The van der Waals surface area contributed by atoms with E-state index in [1.54, 1.807) is 25.7 Å². The van der Waals surface area contributed by atoms with Crippen molar-refractivity contribution in [3.05, 3.63) is 35.4 Å². The number of hydrogen-bond acceptors (Lipinski definition) is 4. The van der Waals surface area contributed by atoms with Crippen LogP contribution >= 0.6 is 0 Å². The topological polar surface area (TPSA) is 87.7 Å². The van der Waals surface area contributed by atoms with Crippen LogP contribution in [0.1, 0.15) is 130 Å². The molecule has 7 heteroatoms. The Kier molecular flexibility index (Phi) is 15.9. The molecule has 1 aromatic carbocycles. The van der Waals surface area contributed by atoms with Crippen molar-refractivity contribution in [2.75, 3.05) is 6.54 Å². The Morgan fingerprint density at radius 1 is 0.875 bits per heavy atom. The number of hydrogen-bond donors (Lipinski definition) is 2. The van der Waals surface area contributed by atoms with Crippen LogP contribution < -0.4 is 10.6 Å². The zero-order valence-corrected chi connectivity index (χ0v) is 26.8. The van der Waals surface area contributed by atoms with Crippen molar-refractivity contribution < 1.29 is 19.1 Å². The molecule has 3 amide bonds. The van der Waals surface area contributed by atoms with Crippen LogP contribution in [-0.2, 0) is 14.3 Å². The van der Waals surface area contributed by atoms with Gasteiger partial charge in [-0.25, -0.2) is 4.79 Å². The lowest BCUT2D eigenvalue weighted by Crippen LogP contribution is -2.54. The molecule has 3 atom stereocenters. The van der Waals surface area contributed by atoms with Crippen molar-refractivity contribution in [2.45, 2.75) is 144 Å². The minimum Gasteiger partial charge on any atom is -0.444 e. The number of carbonyl (C=O) groups excluding carboxylic acids is 3. The monoisotopic (exact) mass is 559 g/mol. The molecular formula is C33H57N3O4. The Hall–Kier alpha value is -2.57. The van der Waals surface area contributed by atoms with Gasteiger partial charge in [0.25, 0.3) is 0 Å². The van der Waals surface area contributed by atoms with E-state index >= 15 is 0 Å². The zero-order valence-electron chi connectivity index (χ0n) is 26.8. The lowest BCUT2D eigenvalue weighted by Gasteiger charge is -2.35. The van der Waals surface area contributed by atoms with E-state index in [1.165, 1.54) is 12.8 Å². The van der Waals surface area contributed by atoms with E-state index in [4.69, 9.17) is 4.74 Å². The van der Waals surface area contributed by atoms with Crippen molar-refractivity contribution in [3.63, 3.8) is 0 Å². The van der Waals surface area contributed by atoms with Crippen LogP contribution in [-0.4, -0.2) is 47.0 Å². The van der Waals surface area contributed by atoms with Gasteiger partial charge >= 0.3 is 6.09 Å². The summed E-state index contributed by atoms with van der Waals surface area (Å²) in [6, 6.07) is 6.21. The number of unbranched alkanes of at least 4 members (excludes halogenated alkanes) is 5. The first-order valence-corrected chi connectivity index (χ1v) is 15.5. The van der Waals surface area contributed by atoms with Crippen molar-refractivity contribution in [2.24, 2.45) is 5.92 Å². The van der Waals surface area contributed by atoms with E-state index in [1.807, 2.05) is 52.0 Å². The summed E-state index contributed by atoms with van der Waals surface area (Å²) in [5.74, 6) is -0.294. The van der Waals surface area contributed by atoms with E-state index in [9.17, 15) is 14.4 Å². The fourth-order valence-electron chi connectivity index (χ4n) is 4.82. The van der Waals surface area contributed by atoms with E-state index in [0.29, 0.717) is 13.0 Å². The first kappa shape index (κ1) is 35.5. The molecule has 0 heterocycles. The Bertz CT molecular complexity index is 892. The molecule has 0 fully saturated rings. The van der Waals surface area contributed by atoms with Gasteiger partial charge in [0.2, 0.25) is 11.8 Å². The molecule has 3 unspecified atom stereocenters. The van der Waals surface area contributed by atoms with Crippen LogP contribution in [0.5, 0.6) is 0 Å². The Balaban J connectivity index is 3.44. The van der Waals surface area contributed by atoms with Crippen molar-refractivity contribution >= 4 is 17.9 Å². The predicted molar refractivity (Wildman–Crippen MR) is 164 cm³/mol. The fourth-order valence-corrected chi connectivity index (χ4v) is 4.82. The molecule has 228 valence electrons. The fraction of sp³-hybridized carbons (Fsp3) is 0.727. The second kappa shape index (κ2) is 18.0. The van der Waals surface area contributed by atoms with Gasteiger partial charge in [0, 0.05) is 12.6 Å². The van der Waals surface area contributed by atoms with E-state index in [0.717, 1.165) is 49.7 Å². The lowest BCUT2D eigenvalue weighted by atomic mass is 9.97. The average molecular weight is 560 g/mol. The predicted octanol–water partition coefficient (Wildman–Crippen LogP) is 7.47. The molecule has 40 heavy (non-hydrogen) atoms. The maximum atomic E-state index is 14.3. The van der Waals surface area contributed by atoms with Gasteiger partial charge < -0.3 is 20.3 Å². The molecule has 0 spiro atoms. The normalized spacial score (nSPS) is 13.8. The number of aryl methyl sites for hydroxylation is 1. The molecular weight excluding hydrogens is 502 g/mol. The van der Waals surface area contributed by atoms with Gasteiger partial charge in [-0.1, -0.05) is 96.0 Å². The van der Waals surface area contributed by atoms with Crippen LogP contribution in [0.3, 0.4) is 0 Å². The molecule has 0 aliphatic rings. The minimum absolute atomic E-state index is 0.0113. The van der Waals surface area contributed by atoms with E-state index < -0.39 is 23.8 Å². The van der Waals surface area contributed by atoms with Gasteiger partial charge in [0.05, 0.1) is 0 Å². The highest BCUT2D eigenvalue weighted by atomic mass is 16.6. The van der Waals surface area contributed by atoms with Crippen molar-refractivity contribution in [1.29, 1.82) is 0 Å². The quantitative estimate of drug-likeness (QED) is 0.194. The Morgan fingerprint density at radius 2 is 1.48 bits per heavy atom. The van der Waals surface area contributed by atoms with E-state index in [2.05, 4.69) is 24.5 Å². The molecule has 0 aliphatic heterocycles. The number of alkyl carbamates (subject to hydrolysis) is 1. The third kappa shape index (κ3) is 13.7. The van der Waals surface area contributed by atoms with Crippen LogP contribution in [0, 0.1) is 12.8 Å². The number of ether oxygens (including phenoxy) is 1. The molecule has 0 aliphatic carbocycles. The SMILES string of the molecule is CCCCCCCCN(C(=O)C(CC(C)C)NC(=O)OC(C)(C)C)C(C(=O)NC(C)CCC)c1ccc(C)cc1. The minimum atomic E-state index is -0.802. The van der Waals surface area contributed by atoms with Crippen LogP contribution in [0.4, 0.5) is 4.79 Å². The van der Waals surface area contributed by atoms with Crippen LogP contribution in [0.15, 0.2) is 24.3 Å². The summed E-state index contributed by atoms with van der Waals surface area (Å²) in [5.41, 5.74) is 1.17. The molecule has 2 N–H and O–H groups in total. The maximum absolute atomic E-state index is 14.3. The average Bonchev–Trinajstić information content (AvgIpc) is 2.84. The molecule has 1 rings (SSSR count). The summed E-state index contributed by atoms with van der Waals surface area (Å²) in [5, 5.41) is 5.99. The summed E-state index contributed by atoms with van der Waals surface area (Å²) in [6.07, 6.45) is 8.02. The molecule has 0 saturated heterocycles. The Morgan fingerprint density at radius 3 is 2.02 bits per heavy atom. The maximum Gasteiger partial charge on any atom is 0.408 e. The number of rotatable bonds is 17. The standard InChI is InChI=1S/C33H57N3O4/c1-10-12-13-14-15-16-22-36(31(38)28(23-24(3)4)35-32(39)40-33(7,8)9)29(27-20-18-25(5)19-21-27)30(37)34-26(6)17-11-2/h18-21,24,26,28-29H,10-17,22-23H2,1-9H3,(H,34,37)(H,35,39). The first-order valence-electron chi connectivity index (χ1n) is 15.5. The summed E-state index contributed by atoms with van der Waals surface area (Å²) < 4.78 is 5.50. The highest BCUT2D eigenvalue weighted by molar-refractivity contribution is 5.92.